The van der Waals surface area contributed by atoms with Gasteiger partial charge in [0.1, 0.15) is 5.44 Å². The van der Waals surface area contributed by atoms with Gasteiger partial charge in [0.2, 0.25) is 11.7 Å². The SMILES string of the molecule is COC(=O)Nc1nc2ccc(SC3O[C@@H]4O[C@]5(C)CC[C@H]6[C@H](C)CCC([C@H]3C)C46OO5)cc2[nH]1. The number of benzene rings is 1. The van der Waals surface area contributed by atoms with E-state index in [1.54, 1.807) is 11.8 Å². The highest BCUT2D eigenvalue weighted by Crippen LogP contribution is 2.61. The summed E-state index contributed by atoms with van der Waals surface area (Å²) in [5.41, 5.74) is 0.955. The van der Waals surface area contributed by atoms with Gasteiger partial charge in [0, 0.05) is 17.2 Å². The Morgan fingerprint density at radius 1 is 1.24 bits per heavy atom. The summed E-state index contributed by atoms with van der Waals surface area (Å²) in [5, 5.41) is 2.57. The Kier molecular flexibility index (Phi) is 5.38. The van der Waals surface area contributed by atoms with E-state index in [1.807, 2.05) is 25.1 Å². The second kappa shape index (κ2) is 8.09. The van der Waals surface area contributed by atoms with Crippen molar-refractivity contribution in [1.29, 1.82) is 0 Å². The van der Waals surface area contributed by atoms with Crippen molar-refractivity contribution in [3.05, 3.63) is 18.2 Å². The van der Waals surface area contributed by atoms with Gasteiger partial charge in [-0.05, 0) is 62.1 Å². The molecule has 1 aromatic heterocycles. The fourth-order valence-corrected chi connectivity index (χ4v) is 7.57. The number of carbonyl (C=O) groups excluding carboxylic acids is 1. The van der Waals surface area contributed by atoms with E-state index in [-0.39, 0.29) is 11.4 Å². The quantitative estimate of drug-likeness (QED) is 0.578. The van der Waals surface area contributed by atoms with Crippen LogP contribution in [0.3, 0.4) is 0 Å². The smallest absolute Gasteiger partial charge is 0.413 e. The van der Waals surface area contributed by atoms with Crippen LogP contribution < -0.4 is 5.32 Å². The summed E-state index contributed by atoms with van der Waals surface area (Å²) < 4.78 is 17.8. The first-order chi connectivity index (χ1) is 16.3. The summed E-state index contributed by atoms with van der Waals surface area (Å²) in [6.07, 6.45) is 3.07. The lowest BCUT2D eigenvalue weighted by Crippen LogP contribution is -2.70. The summed E-state index contributed by atoms with van der Waals surface area (Å²) in [6, 6.07) is 6.00. The van der Waals surface area contributed by atoms with E-state index in [4.69, 9.17) is 19.2 Å². The summed E-state index contributed by atoms with van der Waals surface area (Å²) in [5.74, 6) is 1.02. The number of hydrogen-bond donors (Lipinski definition) is 2. The van der Waals surface area contributed by atoms with Crippen LogP contribution in [-0.2, 0) is 24.0 Å². The van der Waals surface area contributed by atoms with Crippen molar-refractivity contribution in [3.8, 4) is 0 Å². The Morgan fingerprint density at radius 3 is 2.91 bits per heavy atom. The Balaban J connectivity index is 1.27. The van der Waals surface area contributed by atoms with Gasteiger partial charge in [-0.2, -0.15) is 0 Å². The maximum absolute atomic E-state index is 11.5. The molecule has 2 aromatic rings. The summed E-state index contributed by atoms with van der Waals surface area (Å²) in [4.78, 5) is 32.2. The van der Waals surface area contributed by atoms with E-state index < -0.39 is 23.8 Å². The number of imidazole rings is 1. The molecule has 2 bridgehead atoms. The zero-order chi connectivity index (χ0) is 23.7. The van der Waals surface area contributed by atoms with Crippen LogP contribution in [0.15, 0.2) is 23.1 Å². The molecule has 1 aliphatic carbocycles. The van der Waals surface area contributed by atoms with E-state index in [9.17, 15) is 4.79 Å². The van der Waals surface area contributed by atoms with Gasteiger partial charge in [-0.1, -0.05) is 25.6 Å². The van der Waals surface area contributed by atoms with E-state index >= 15 is 0 Å². The van der Waals surface area contributed by atoms with Gasteiger partial charge < -0.3 is 19.2 Å². The minimum absolute atomic E-state index is 0.0886. The first kappa shape index (κ1) is 22.6. The van der Waals surface area contributed by atoms with Crippen molar-refractivity contribution >= 4 is 34.8 Å². The zero-order valence-corrected chi connectivity index (χ0v) is 20.6. The van der Waals surface area contributed by atoms with Crippen molar-refractivity contribution in [2.24, 2.45) is 23.7 Å². The highest BCUT2D eigenvalue weighted by atomic mass is 32.2. The molecule has 34 heavy (non-hydrogen) atoms. The minimum Gasteiger partial charge on any atom is -0.453 e. The molecule has 3 unspecified atom stereocenters. The Labute approximate surface area is 202 Å². The normalized spacial score (nSPS) is 41.1. The highest BCUT2D eigenvalue weighted by Gasteiger charge is 2.69. The summed E-state index contributed by atoms with van der Waals surface area (Å²) >= 11 is 1.69. The van der Waals surface area contributed by atoms with Gasteiger partial charge in [0.05, 0.1) is 18.1 Å². The monoisotopic (exact) mass is 489 g/mol. The number of nitrogens with one attached hydrogen (secondary N) is 2. The minimum atomic E-state index is -0.773. The number of nitrogens with zero attached hydrogens (tertiary/aromatic N) is 1. The number of fused-ring (bicyclic) bond motifs is 3. The molecule has 5 aliphatic rings. The van der Waals surface area contributed by atoms with Crippen LogP contribution in [-0.4, -0.2) is 46.3 Å². The lowest BCUT2D eigenvalue weighted by atomic mass is 9.58. The van der Waals surface area contributed by atoms with Gasteiger partial charge in [-0.15, -0.1) is 0 Å². The van der Waals surface area contributed by atoms with Crippen molar-refractivity contribution in [3.63, 3.8) is 0 Å². The number of aromatic nitrogens is 2. The number of amides is 1. The van der Waals surface area contributed by atoms with Gasteiger partial charge in [0.15, 0.2) is 11.9 Å². The highest BCUT2D eigenvalue weighted by molar-refractivity contribution is 7.99. The lowest BCUT2D eigenvalue weighted by Gasteiger charge is -2.60. The van der Waals surface area contributed by atoms with Crippen LogP contribution in [0.1, 0.15) is 46.5 Å². The number of H-pyrrole nitrogens is 1. The number of ether oxygens (including phenoxy) is 3. The van der Waals surface area contributed by atoms with Crippen molar-refractivity contribution in [1.82, 2.24) is 9.97 Å². The number of rotatable bonds is 3. The van der Waals surface area contributed by atoms with E-state index in [0.29, 0.717) is 23.7 Å². The maximum Gasteiger partial charge on any atom is 0.413 e. The number of aromatic amines is 1. The lowest BCUT2D eigenvalue weighted by molar-refractivity contribution is -0.568. The molecule has 1 amide bonds. The second-order valence-electron chi connectivity index (χ2n) is 10.3. The molecule has 1 spiro atoms. The van der Waals surface area contributed by atoms with Gasteiger partial charge in [-0.25, -0.2) is 19.6 Å². The van der Waals surface area contributed by atoms with Gasteiger partial charge in [-0.3, -0.25) is 5.32 Å². The molecule has 2 N–H and O–H groups in total. The fourth-order valence-electron chi connectivity index (χ4n) is 6.41. The molecule has 1 aromatic carbocycles. The van der Waals surface area contributed by atoms with Crippen molar-refractivity contribution < 1.29 is 28.8 Å². The third-order valence-electron chi connectivity index (χ3n) is 8.21. The van der Waals surface area contributed by atoms with Crippen LogP contribution in [0.2, 0.25) is 0 Å². The van der Waals surface area contributed by atoms with E-state index in [0.717, 1.165) is 35.2 Å². The molecule has 7 rings (SSSR count). The third-order valence-corrected chi connectivity index (χ3v) is 9.51. The molecule has 0 radical (unpaired) electrons. The molecule has 8 atom stereocenters. The van der Waals surface area contributed by atoms with Crippen LogP contribution in [0.25, 0.3) is 11.0 Å². The first-order valence-corrected chi connectivity index (χ1v) is 12.9. The van der Waals surface area contributed by atoms with Crippen LogP contribution >= 0.6 is 11.8 Å². The molecule has 5 heterocycles. The third kappa shape index (κ3) is 3.45. The molecule has 5 fully saturated rings. The standard InChI is InChI=1S/C24H31N3O6S/c1-12-5-7-16-13(2)19(30-20-24(16)15(12)9-10-23(3,31-20)32-33-24)34-14-6-8-17-18(11-14)26-21(25-17)27-22(28)29-4/h6,8,11-13,15-16,19-20H,5,7,9-10H2,1-4H3,(H2,25,26,27,28)/t12-,13-,15+,16?,19?,20-,23+,24?/m1/s1. The number of methoxy groups -OCH3 is 1. The fraction of sp³-hybridized carbons (Fsp3) is 0.667. The number of anilines is 1. The molecule has 4 saturated heterocycles. The summed E-state index contributed by atoms with van der Waals surface area (Å²) in [7, 11) is 1.32. The average molecular weight is 490 g/mol. The predicted octanol–water partition coefficient (Wildman–Crippen LogP) is 5.04. The van der Waals surface area contributed by atoms with Crippen LogP contribution in [0, 0.1) is 23.7 Å². The molecular formula is C24H31N3O6S. The van der Waals surface area contributed by atoms with Gasteiger partial charge in [0.25, 0.3) is 0 Å². The molecule has 4 aliphatic heterocycles. The Morgan fingerprint density at radius 2 is 2.09 bits per heavy atom. The molecule has 9 nitrogen and oxygen atoms in total. The van der Waals surface area contributed by atoms with Crippen molar-refractivity contribution in [2.75, 3.05) is 12.4 Å². The zero-order valence-electron chi connectivity index (χ0n) is 19.8. The molecule has 10 heteroatoms. The summed E-state index contributed by atoms with van der Waals surface area (Å²) in [6.45, 7) is 6.54. The van der Waals surface area contributed by atoms with E-state index in [2.05, 4.69) is 33.9 Å². The average Bonchev–Trinajstić information content (AvgIpc) is 3.07. The molecular weight excluding hydrogens is 458 g/mol. The topological polar surface area (TPSA) is 104 Å². The van der Waals surface area contributed by atoms with Crippen molar-refractivity contribution in [2.45, 2.75) is 74.5 Å². The first-order valence-electron chi connectivity index (χ1n) is 12.0. The predicted molar refractivity (Wildman–Crippen MR) is 125 cm³/mol. The number of hydrogen-bond acceptors (Lipinski definition) is 8. The Bertz CT molecular complexity index is 1110. The number of thioether (sulfide) groups is 1. The van der Waals surface area contributed by atoms with Gasteiger partial charge >= 0.3 is 6.09 Å². The number of carbonyl (C=O) groups is 1. The second-order valence-corrected chi connectivity index (χ2v) is 11.4. The maximum atomic E-state index is 11.5. The molecule has 184 valence electrons. The van der Waals surface area contributed by atoms with Crippen LogP contribution in [0.4, 0.5) is 10.7 Å². The van der Waals surface area contributed by atoms with Crippen LogP contribution in [0.5, 0.6) is 0 Å². The Hall–Kier alpha value is -1.85. The molecule has 1 saturated carbocycles. The largest absolute Gasteiger partial charge is 0.453 e. The van der Waals surface area contributed by atoms with E-state index in [1.165, 1.54) is 13.5 Å².